The molecule has 6 nitrogen and oxygen atoms in total. The Hall–Kier alpha value is -4.55. The predicted octanol–water partition coefficient (Wildman–Crippen LogP) is 8.41. The number of aryl methyl sites for hydroxylation is 2. The maximum atomic E-state index is 13.0. The maximum absolute atomic E-state index is 13.0. The standard InChI is InChI=1S/C17H11ClFN3.C10H8FIN2.C7H4ClN/c1-12-10-15(5-2-13-8-9-20-17(18)11-13)21-22(12)16-6-3-14(19)4-7-16;1-7-6-10(12)13-14(7)9-4-2-8(11)3-5-9;1-2-6-3-4-9-7(8)5-6/h3-4,6-11H,1H3;2-6H,1H3;1,3-5H. The largest absolute Gasteiger partial charge is 0.244 e. The van der Waals surface area contributed by atoms with Gasteiger partial charge >= 0.3 is 0 Å². The molecule has 0 bridgehead atoms. The molecule has 0 aliphatic carbocycles. The van der Waals surface area contributed by atoms with Crippen LogP contribution in [0, 0.1) is 53.4 Å². The van der Waals surface area contributed by atoms with Crippen molar-refractivity contribution in [2.45, 2.75) is 13.8 Å². The van der Waals surface area contributed by atoms with E-state index in [0.717, 1.165) is 37.6 Å². The zero-order chi connectivity index (χ0) is 32.3. The van der Waals surface area contributed by atoms with Gasteiger partial charge in [-0.1, -0.05) is 35.0 Å². The first-order valence-corrected chi connectivity index (χ1v) is 15.0. The maximum Gasteiger partial charge on any atom is 0.136 e. The zero-order valence-electron chi connectivity index (χ0n) is 23.9. The van der Waals surface area contributed by atoms with Gasteiger partial charge in [0.25, 0.3) is 0 Å². The van der Waals surface area contributed by atoms with Crippen LogP contribution in [-0.4, -0.2) is 29.5 Å². The molecular weight excluding hydrogens is 728 g/mol. The molecule has 2 aromatic carbocycles. The molecule has 11 heteroatoms. The van der Waals surface area contributed by atoms with Gasteiger partial charge in [-0.3, -0.25) is 0 Å². The molecule has 0 amide bonds. The molecule has 224 valence electrons. The fourth-order valence-corrected chi connectivity index (χ4v) is 4.78. The Morgan fingerprint density at radius 3 is 1.62 bits per heavy atom. The Morgan fingerprint density at radius 2 is 1.16 bits per heavy atom. The molecule has 0 radical (unpaired) electrons. The van der Waals surface area contributed by atoms with Crippen molar-refractivity contribution in [2.75, 3.05) is 0 Å². The molecule has 0 aliphatic rings. The van der Waals surface area contributed by atoms with Gasteiger partial charge in [0.05, 0.1) is 11.4 Å². The second kappa shape index (κ2) is 16.0. The molecule has 0 aliphatic heterocycles. The van der Waals surface area contributed by atoms with Crippen molar-refractivity contribution < 1.29 is 8.78 Å². The van der Waals surface area contributed by atoms with Crippen LogP contribution in [0.2, 0.25) is 10.3 Å². The van der Waals surface area contributed by atoms with Crippen molar-refractivity contribution in [3.8, 4) is 35.6 Å². The fraction of sp³-hybridized carbons (Fsp3) is 0.0588. The highest BCUT2D eigenvalue weighted by atomic mass is 127. The normalized spacial score (nSPS) is 9.91. The molecule has 0 unspecified atom stereocenters. The van der Waals surface area contributed by atoms with Crippen molar-refractivity contribution >= 4 is 45.8 Å². The molecular formula is C34H23Cl2F2IN6. The average Bonchev–Trinajstić information content (AvgIpc) is 3.57. The highest BCUT2D eigenvalue weighted by Crippen LogP contribution is 2.15. The summed E-state index contributed by atoms with van der Waals surface area (Å²) >= 11 is 13.5. The molecule has 0 saturated carbocycles. The van der Waals surface area contributed by atoms with E-state index in [-0.39, 0.29) is 11.6 Å². The summed E-state index contributed by atoms with van der Waals surface area (Å²) in [4.78, 5) is 7.66. The lowest BCUT2D eigenvalue weighted by molar-refractivity contribution is 0.626. The van der Waals surface area contributed by atoms with E-state index in [1.54, 1.807) is 70.3 Å². The third-order valence-corrected chi connectivity index (χ3v) is 6.78. The van der Waals surface area contributed by atoms with E-state index in [4.69, 9.17) is 29.6 Å². The van der Waals surface area contributed by atoms with Gasteiger partial charge in [0, 0.05) is 34.9 Å². The van der Waals surface area contributed by atoms with Gasteiger partial charge in [-0.05, 0) is 127 Å². The van der Waals surface area contributed by atoms with Gasteiger partial charge in [0.2, 0.25) is 0 Å². The minimum Gasteiger partial charge on any atom is -0.244 e. The van der Waals surface area contributed by atoms with E-state index in [1.165, 1.54) is 24.3 Å². The van der Waals surface area contributed by atoms with Gasteiger partial charge in [-0.15, -0.1) is 6.42 Å². The minimum absolute atomic E-state index is 0.228. The monoisotopic (exact) mass is 750 g/mol. The molecule has 0 atom stereocenters. The molecule has 0 saturated heterocycles. The van der Waals surface area contributed by atoms with Crippen LogP contribution >= 0.6 is 45.8 Å². The first-order valence-electron chi connectivity index (χ1n) is 13.1. The summed E-state index contributed by atoms with van der Waals surface area (Å²) in [5.74, 6) is 7.92. The van der Waals surface area contributed by atoms with Crippen LogP contribution in [0.15, 0.2) is 97.3 Å². The van der Waals surface area contributed by atoms with Crippen LogP contribution in [0.3, 0.4) is 0 Å². The molecule has 4 aromatic heterocycles. The first-order chi connectivity index (χ1) is 21.6. The SMILES string of the molecule is C#Cc1ccnc(Cl)c1.Cc1cc(C#Cc2ccnc(Cl)c2)nn1-c1ccc(F)cc1.Cc1cc(I)nn1-c1ccc(F)cc1. The summed E-state index contributed by atoms with van der Waals surface area (Å²) in [6.45, 7) is 3.89. The summed E-state index contributed by atoms with van der Waals surface area (Å²) in [6.07, 6.45) is 8.27. The van der Waals surface area contributed by atoms with Crippen LogP contribution in [0.1, 0.15) is 28.2 Å². The van der Waals surface area contributed by atoms with Crippen molar-refractivity contribution in [2.24, 2.45) is 0 Å². The minimum atomic E-state index is -0.275. The molecule has 45 heavy (non-hydrogen) atoms. The van der Waals surface area contributed by atoms with Gasteiger partial charge in [-0.2, -0.15) is 10.2 Å². The van der Waals surface area contributed by atoms with E-state index in [0.29, 0.717) is 16.0 Å². The van der Waals surface area contributed by atoms with Gasteiger partial charge in [0.1, 0.15) is 31.3 Å². The highest BCUT2D eigenvalue weighted by molar-refractivity contribution is 14.1. The summed E-state index contributed by atoms with van der Waals surface area (Å²) in [5.41, 5.74) is 5.80. The number of hydrogen-bond acceptors (Lipinski definition) is 4. The average molecular weight is 751 g/mol. The number of benzene rings is 2. The zero-order valence-corrected chi connectivity index (χ0v) is 27.6. The Bertz CT molecular complexity index is 2000. The van der Waals surface area contributed by atoms with Crippen molar-refractivity contribution in [3.63, 3.8) is 0 Å². The van der Waals surface area contributed by atoms with Gasteiger partial charge in [-0.25, -0.2) is 28.1 Å². The number of hydrogen-bond donors (Lipinski definition) is 0. The number of halogens is 5. The quantitative estimate of drug-likeness (QED) is 0.101. The van der Waals surface area contributed by atoms with Gasteiger partial charge in [0.15, 0.2) is 0 Å². The summed E-state index contributed by atoms with van der Waals surface area (Å²) < 4.78 is 30.1. The summed E-state index contributed by atoms with van der Waals surface area (Å²) in [7, 11) is 0. The van der Waals surface area contributed by atoms with Crippen molar-refractivity contribution in [1.29, 1.82) is 0 Å². The van der Waals surface area contributed by atoms with Crippen molar-refractivity contribution in [1.82, 2.24) is 29.5 Å². The Kier molecular flexibility index (Phi) is 11.8. The number of terminal acetylenes is 1. The molecule has 4 heterocycles. The van der Waals surface area contributed by atoms with Crippen LogP contribution in [0.5, 0.6) is 0 Å². The van der Waals surface area contributed by atoms with E-state index in [1.807, 2.05) is 26.0 Å². The lowest BCUT2D eigenvalue weighted by atomic mass is 10.2. The lowest BCUT2D eigenvalue weighted by Crippen LogP contribution is -1.98. The number of pyridine rings is 2. The topological polar surface area (TPSA) is 61.4 Å². The number of nitrogens with zero attached hydrogens (tertiary/aromatic N) is 6. The second-order valence-electron chi connectivity index (χ2n) is 9.18. The lowest BCUT2D eigenvalue weighted by Gasteiger charge is -2.02. The van der Waals surface area contributed by atoms with Crippen LogP contribution in [0.4, 0.5) is 8.78 Å². The van der Waals surface area contributed by atoms with Gasteiger partial charge < -0.3 is 0 Å². The summed E-state index contributed by atoms with van der Waals surface area (Å²) in [5, 5.41) is 9.55. The van der Waals surface area contributed by atoms with E-state index < -0.39 is 0 Å². The number of rotatable bonds is 2. The molecule has 0 fully saturated rings. The van der Waals surface area contributed by atoms with Crippen LogP contribution < -0.4 is 0 Å². The highest BCUT2D eigenvalue weighted by Gasteiger charge is 2.05. The molecule has 0 N–H and O–H groups in total. The Labute approximate surface area is 283 Å². The third-order valence-electron chi connectivity index (χ3n) is 5.84. The van der Waals surface area contributed by atoms with E-state index in [9.17, 15) is 8.78 Å². The van der Waals surface area contributed by atoms with Crippen LogP contribution in [-0.2, 0) is 0 Å². The van der Waals surface area contributed by atoms with Crippen LogP contribution in [0.25, 0.3) is 11.4 Å². The van der Waals surface area contributed by atoms with Crippen molar-refractivity contribution in [3.05, 3.63) is 151 Å². The Morgan fingerprint density at radius 1 is 0.667 bits per heavy atom. The first kappa shape index (κ1) is 33.3. The van der Waals surface area contributed by atoms with E-state index >= 15 is 0 Å². The molecule has 6 rings (SSSR count). The molecule has 0 spiro atoms. The molecule has 6 aromatic rings. The third kappa shape index (κ3) is 9.98. The fourth-order valence-electron chi connectivity index (χ4n) is 3.77. The summed E-state index contributed by atoms with van der Waals surface area (Å²) in [6, 6.07) is 23.1. The van der Waals surface area contributed by atoms with E-state index in [2.05, 4.69) is 60.5 Å². The second-order valence-corrected chi connectivity index (χ2v) is 11.1. The smallest absolute Gasteiger partial charge is 0.136 e. The number of aromatic nitrogens is 6. The Balaban J connectivity index is 0.000000171. The predicted molar refractivity (Wildman–Crippen MR) is 182 cm³/mol.